The number of aliphatic carboxylic acids is 1. The van der Waals surface area contributed by atoms with Gasteiger partial charge in [-0.1, -0.05) is 0 Å². The van der Waals surface area contributed by atoms with E-state index >= 15 is 0 Å². The number of hydrogen-bond acceptors (Lipinski definition) is 3. The van der Waals surface area contributed by atoms with Crippen molar-refractivity contribution >= 4 is 28.6 Å². The van der Waals surface area contributed by atoms with Gasteiger partial charge in [-0.05, 0) is 29.6 Å². The van der Waals surface area contributed by atoms with Crippen LogP contribution in [0.3, 0.4) is 0 Å². The Labute approximate surface area is 89.3 Å². The molecule has 0 bridgehead atoms. The van der Waals surface area contributed by atoms with Crippen LogP contribution in [0.4, 0.5) is 0 Å². The summed E-state index contributed by atoms with van der Waals surface area (Å²) < 4.78 is 2.61. The maximum Gasteiger partial charge on any atom is 0.322 e. The largest absolute Gasteiger partial charge is 0.480 e. The third-order valence-electron chi connectivity index (χ3n) is 1.62. The van der Waals surface area contributed by atoms with Gasteiger partial charge in [0.15, 0.2) is 0 Å². The maximum atomic E-state index is 10.6. The molecule has 1 aromatic rings. The Hall–Kier alpha value is -0.630. The van der Waals surface area contributed by atoms with Crippen molar-refractivity contribution < 1.29 is 9.90 Å². The molecule has 1 atom stereocenters. The predicted octanol–water partition coefficient (Wildman–Crippen LogP) is 0.160. The number of nitrogens with zero attached hydrogens (tertiary/aromatic N) is 2. The lowest BCUT2D eigenvalue weighted by atomic mass is 10.3. The highest BCUT2D eigenvalue weighted by Gasteiger charge is 2.15. The van der Waals surface area contributed by atoms with Gasteiger partial charge in [-0.15, -0.1) is 0 Å². The van der Waals surface area contributed by atoms with E-state index in [2.05, 4.69) is 33.0 Å². The lowest BCUT2D eigenvalue weighted by molar-refractivity contribution is -0.139. The van der Waals surface area contributed by atoms with Crippen LogP contribution in [0.1, 0.15) is 0 Å². The fraction of sp³-hybridized carbons (Fsp3) is 0.429. The summed E-state index contributed by atoms with van der Waals surface area (Å²) in [6.45, 7) is 0.342. The van der Waals surface area contributed by atoms with Gasteiger partial charge in [-0.3, -0.25) is 9.48 Å². The maximum absolute atomic E-state index is 10.6. The number of hydrogen-bond donors (Lipinski definition) is 2. The zero-order chi connectivity index (χ0) is 9.84. The Morgan fingerprint density at radius 3 is 3.00 bits per heavy atom. The molecule has 1 heterocycles. The number of carbonyl (C=O) groups is 1. The van der Waals surface area contributed by atoms with Crippen molar-refractivity contribution in [1.82, 2.24) is 15.1 Å². The molecule has 5 nitrogen and oxygen atoms in total. The van der Waals surface area contributed by atoms with Crippen LogP contribution in [0.5, 0.6) is 0 Å². The molecule has 0 aromatic carbocycles. The molecule has 0 fully saturated rings. The van der Waals surface area contributed by atoms with Gasteiger partial charge < -0.3 is 10.4 Å². The third-order valence-corrected chi connectivity index (χ3v) is 2.17. The molecule has 1 unspecified atom stereocenters. The number of carboxylic acids is 1. The van der Waals surface area contributed by atoms with E-state index in [9.17, 15) is 4.79 Å². The molecule has 0 aliphatic heterocycles. The van der Waals surface area contributed by atoms with Crippen LogP contribution in [-0.2, 0) is 11.3 Å². The minimum Gasteiger partial charge on any atom is -0.480 e. The van der Waals surface area contributed by atoms with Crippen molar-refractivity contribution in [3.63, 3.8) is 0 Å². The van der Waals surface area contributed by atoms with Gasteiger partial charge in [0.25, 0.3) is 0 Å². The van der Waals surface area contributed by atoms with Crippen LogP contribution in [0.15, 0.2) is 12.4 Å². The summed E-state index contributed by atoms with van der Waals surface area (Å²) in [5.74, 6) is -0.868. The predicted molar refractivity (Wildman–Crippen MR) is 55.4 cm³/mol. The fourth-order valence-corrected chi connectivity index (χ4v) is 1.36. The Bertz CT molecular complexity index is 300. The molecule has 1 rings (SSSR count). The lowest BCUT2D eigenvalue weighted by Gasteiger charge is -2.10. The molecule has 0 aliphatic carbocycles. The molecule has 0 radical (unpaired) electrons. The molecule has 13 heavy (non-hydrogen) atoms. The van der Waals surface area contributed by atoms with Crippen molar-refractivity contribution in [2.24, 2.45) is 0 Å². The molecular formula is C7H10IN3O2. The van der Waals surface area contributed by atoms with Crippen LogP contribution in [0.25, 0.3) is 0 Å². The Balaban J connectivity index is 2.61. The van der Waals surface area contributed by atoms with Gasteiger partial charge in [0.05, 0.1) is 16.3 Å². The smallest absolute Gasteiger partial charge is 0.322 e. The molecule has 0 saturated heterocycles. The van der Waals surface area contributed by atoms with E-state index in [0.717, 1.165) is 3.57 Å². The number of halogens is 1. The average molecular weight is 295 g/mol. The summed E-state index contributed by atoms with van der Waals surface area (Å²) in [4.78, 5) is 10.6. The number of nitrogens with one attached hydrogen (secondary N) is 1. The Morgan fingerprint density at radius 1 is 1.92 bits per heavy atom. The summed E-state index contributed by atoms with van der Waals surface area (Å²) >= 11 is 2.13. The summed E-state index contributed by atoms with van der Waals surface area (Å²) in [6.07, 6.45) is 3.49. The van der Waals surface area contributed by atoms with Crippen molar-refractivity contribution in [1.29, 1.82) is 0 Å². The zero-order valence-corrected chi connectivity index (χ0v) is 9.22. The summed E-state index contributed by atoms with van der Waals surface area (Å²) in [5, 5.41) is 15.4. The first-order valence-electron chi connectivity index (χ1n) is 3.71. The quantitative estimate of drug-likeness (QED) is 0.777. The third kappa shape index (κ3) is 2.96. The molecule has 0 amide bonds. The number of rotatable bonds is 4. The fourth-order valence-electron chi connectivity index (χ4n) is 0.918. The Morgan fingerprint density at radius 2 is 2.62 bits per heavy atom. The van der Waals surface area contributed by atoms with Crippen LogP contribution in [0.2, 0.25) is 0 Å². The van der Waals surface area contributed by atoms with Crippen LogP contribution < -0.4 is 5.32 Å². The minimum atomic E-state index is -0.868. The van der Waals surface area contributed by atoms with E-state index in [1.54, 1.807) is 24.1 Å². The number of aromatic nitrogens is 2. The lowest BCUT2D eigenvalue weighted by Crippen LogP contribution is -2.37. The van der Waals surface area contributed by atoms with Gasteiger partial charge in [-0.25, -0.2) is 0 Å². The molecule has 6 heteroatoms. The first-order chi connectivity index (χ1) is 6.13. The Kier molecular flexibility index (Phi) is 3.67. The van der Waals surface area contributed by atoms with Crippen molar-refractivity contribution in [2.45, 2.75) is 12.6 Å². The molecule has 72 valence electrons. The van der Waals surface area contributed by atoms with E-state index in [1.807, 2.05) is 0 Å². The van der Waals surface area contributed by atoms with E-state index in [4.69, 9.17) is 5.11 Å². The summed E-state index contributed by atoms with van der Waals surface area (Å²) in [6, 6.07) is -0.587. The van der Waals surface area contributed by atoms with Gasteiger partial charge in [0.1, 0.15) is 6.04 Å². The molecule has 0 spiro atoms. The van der Waals surface area contributed by atoms with E-state index in [0.29, 0.717) is 6.54 Å². The molecule has 1 aromatic heterocycles. The van der Waals surface area contributed by atoms with Gasteiger partial charge >= 0.3 is 5.97 Å². The van der Waals surface area contributed by atoms with Crippen molar-refractivity contribution in [2.75, 3.05) is 7.05 Å². The SMILES string of the molecule is CNC(Cn1cc(I)cn1)C(=O)O. The topological polar surface area (TPSA) is 67.2 Å². The van der Waals surface area contributed by atoms with E-state index in [-0.39, 0.29) is 0 Å². The van der Waals surface area contributed by atoms with Gasteiger partial charge in [-0.2, -0.15) is 5.10 Å². The van der Waals surface area contributed by atoms with Crippen LogP contribution in [0, 0.1) is 3.57 Å². The van der Waals surface area contributed by atoms with E-state index in [1.165, 1.54) is 0 Å². The summed E-state index contributed by atoms with van der Waals surface area (Å²) in [5.41, 5.74) is 0. The highest BCUT2D eigenvalue weighted by molar-refractivity contribution is 14.1. The highest BCUT2D eigenvalue weighted by Crippen LogP contribution is 2.01. The number of carboxylic acid groups (broad SMARTS) is 1. The van der Waals surface area contributed by atoms with Crippen molar-refractivity contribution in [3.8, 4) is 0 Å². The molecular weight excluding hydrogens is 285 g/mol. The van der Waals surface area contributed by atoms with Gasteiger partial charge in [0.2, 0.25) is 0 Å². The molecule has 0 aliphatic rings. The summed E-state index contributed by atoms with van der Waals surface area (Å²) in [7, 11) is 1.62. The standard InChI is InChI=1S/C7H10IN3O2/c1-9-6(7(12)13)4-11-3-5(8)2-10-11/h2-3,6,9H,4H2,1H3,(H,12,13). The second-order valence-electron chi connectivity index (χ2n) is 2.56. The molecule has 2 N–H and O–H groups in total. The normalized spacial score (nSPS) is 12.8. The minimum absolute atomic E-state index is 0.342. The molecule has 0 saturated carbocycles. The van der Waals surface area contributed by atoms with Crippen LogP contribution in [-0.4, -0.2) is 33.9 Å². The second kappa shape index (κ2) is 4.56. The number of likely N-dealkylation sites (N-methyl/N-ethyl adjacent to an activating group) is 1. The van der Waals surface area contributed by atoms with Crippen LogP contribution >= 0.6 is 22.6 Å². The zero-order valence-electron chi connectivity index (χ0n) is 7.07. The first-order valence-corrected chi connectivity index (χ1v) is 4.79. The van der Waals surface area contributed by atoms with E-state index < -0.39 is 12.0 Å². The average Bonchev–Trinajstić information content (AvgIpc) is 2.46. The monoisotopic (exact) mass is 295 g/mol. The first kappa shape index (κ1) is 10.5. The highest BCUT2D eigenvalue weighted by atomic mass is 127. The van der Waals surface area contributed by atoms with Gasteiger partial charge in [0, 0.05) is 6.20 Å². The second-order valence-corrected chi connectivity index (χ2v) is 3.81. The van der Waals surface area contributed by atoms with Crippen molar-refractivity contribution in [3.05, 3.63) is 16.0 Å².